The molecule has 0 aliphatic rings. The third kappa shape index (κ3) is 2.79. The Kier molecular flexibility index (Phi) is 4.43. The van der Waals surface area contributed by atoms with Gasteiger partial charge in [-0.2, -0.15) is 0 Å². The molecule has 0 aliphatic heterocycles. The van der Waals surface area contributed by atoms with Gasteiger partial charge in [0.15, 0.2) is 0 Å². The summed E-state index contributed by atoms with van der Waals surface area (Å²) in [5, 5.41) is 36.5. The Balaban J connectivity index is 3.19. The molecule has 1 aromatic carbocycles. The van der Waals surface area contributed by atoms with Crippen LogP contribution >= 0.6 is 15.9 Å². The summed E-state index contributed by atoms with van der Waals surface area (Å²) in [6, 6.07) is 4.23. The van der Waals surface area contributed by atoms with Crippen molar-refractivity contribution < 1.29 is 25.2 Å². The molecule has 6 heteroatoms. The van der Waals surface area contributed by atoms with Crippen LogP contribution in [0.5, 0.6) is 0 Å². The van der Waals surface area contributed by atoms with E-state index in [4.69, 9.17) is 10.2 Å². The standard InChI is InChI=1S/C10H11BrO5/c11-5-1-2-6(10(15)16)7(3-5)9(14)8(13)4-12/h1-3,8-9,12-14H,4H2,(H,15,16). The molecule has 0 radical (unpaired) electrons. The highest BCUT2D eigenvalue weighted by atomic mass is 79.9. The lowest BCUT2D eigenvalue weighted by molar-refractivity contribution is -0.0158. The molecule has 0 heterocycles. The van der Waals surface area contributed by atoms with E-state index >= 15 is 0 Å². The van der Waals surface area contributed by atoms with Crippen molar-refractivity contribution >= 4 is 21.9 Å². The number of hydrogen-bond acceptors (Lipinski definition) is 4. The molecule has 0 fully saturated rings. The first kappa shape index (κ1) is 13.1. The fraction of sp³-hybridized carbons (Fsp3) is 0.300. The van der Waals surface area contributed by atoms with Gasteiger partial charge in [-0.05, 0) is 23.8 Å². The first-order valence-corrected chi connectivity index (χ1v) is 5.26. The van der Waals surface area contributed by atoms with Crippen LogP contribution in [0, 0.1) is 0 Å². The highest BCUT2D eigenvalue weighted by Gasteiger charge is 2.23. The predicted molar refractivity (Wildman–Crippen MR) is 59.2 cm³/mol. The third-order valence-corrected chi connectivity index (χ3v) is 2.61. The van der Waals surface area contributed by atoms with E-state index in [1.54, 1.807) is 0 Å². The van der Waals surface area contributed by atoms with Gasteiger partial charge in [0, 0.05) is 4.47 Å². The molecule has 0 amide bonds. The van der Waals surface area contributed by atoms with Gasteiger partial charge in [0.2, 0.25) is 0 Å². The lowest BCUT2D eigenvalue weighted by Crippen LogP contribution is -2.23. The van der Waals surface area contributed by atoms with Gasteiger partial charge in [-0.15, -0.1) is 0 Å². The molecule has 2 atom stereocenters. The monoisotopic (exact) mass is 290 g/mol. The van der Waals surface area contributed by atoms with Gasteiger partial charge in [-0.1, -0.05) is 15.9 Å². The zero-order chi connectivity index (χ0) is 12.3. The van der Waals surface area contributed by atoms with Gasteiger partial charge in [0.25, 0.3) is 0 Å². The summed E-state index contributed by atoms with van der Waals surface area (Å²) < 4.78 is 0.580. The second-order valence-electron chi connectivity index (χ2n) is 3.23. The molecular weight excluding hydrogens is 280 g/mol. The van der Waals surface area contributed by atoms with Crippen LogP contribution in [0.4, 0.5) is 0 Å². The summed E-state index contributed by atoms with van der Waals surface area (Å²) in [5.74, 6) is -1.20. The van der Waals surface area contributed by atoms with E-state index in [1.165, 1.54) is 18.2 Å². The molecule has 0 saturated carbocycles. The number of carbonyl (C=O) groups is 1. The maximum atomic E-state index is 10.9. The zero-order valence-corrected chi connectivity index (χ0v) is 9.75. The zero-order valence-electron chi connectivity index (χ0n) is 8.17. The smallest absolute Gasteiger partial charge is 0.336 e. The molecule has 2 unspecified atom stereocenters. The molecule has 0 saturated heterocycles. The van der Waals surface area contributed by atoms with Crippen LogP contribution in [0.15, 0.2) is 22.7 Å². The van der Waals surface area contributed by atoms with Crippen molar-refractivity contribution in [2.24, 2.45) is 0 Å². The van der Waals surface area contributed by atoms with Gasteiger partial charge in [0.05, 0.1) is 12.2 Å². The van der Waals surface area contributed by atoms with Gasteiger partial charge in [-0.3, -0.25) is 0 Å². The first-order chi connectivity index (χ1) is 7.47. The lowest BCUT2D eigenvalue weighted by atomic mass is 9.99. The van der Waals surface area contributed by atoms with Crippen LogP contribution in [0.2, 0.25) is 0 Å². The Morgan fingerprint density at radius 2 is 2.00 bits per heavy atom. The third-order valence-electron chi connectivity index (χ3n) is 2.11. The summed E-state index contributed by atoms with van der Waals surface area (Å²) in [6.07, 6.45) is -2.85. The Labute approximate surface area is 100 Å². The molecule has 1 aromatic rings. The summed E-state index contributed by atoms with van der Waals surface area (Å²) in [7, 11) is 0. The molecule has 0 aliphatic carbocycles. The molecule has 0 spiro atoms. The van der Waals surface area contributed by atoms with Crippen LogP contribution in [0.3, 0.4) is 0 Å². The fourth-order valence-corrected chi connectivity index (χ4v) is 1.66. The average Bonchev–Trinajstić information content (AvgIpc) is 2.26. The van der Waals surface area contributed by atoms with Crippen molar-refractivity contribution in [2.45, 2.75) is 12.2 Å². The number of rotatable bonds is 4. The van der Waals surface area contributed by atoms with E-state index in [1.807, 2.05) is 0 Å². The Morgan fingerprint density at radius 1 is 1.38 bits per heavy atom. The van der Waals surface area contributed by atoms with Gasteiger partial charge in [0.1, 0.15) is 12.2 Å². The number of benzene rings is 1. The minimum Gasteiger partial charge on any atom is -0.478 e. The Bertz CT molecular complexity index is 393. The van der Waals surface area contributed by atoms with Crippen LogP contribution in [-0.4, -0.2) is 39.1 Å². The molecule has 5 nitrogen and oxygen atoms in total. The summed E-state index contributed by atoms with van der Waals surface area (Å²) >= 11 is 3.14. The van der Waals surface area contributed by atoms with Crippen molar-refractivity contribution in [1.29, 1.82) is 0 Å². The van der Waals surface area contributed by atoms with Gasteiger partial charge >= 0.3 is 5.97 Å². The van der Waals surface area contributed by atoms with Crippen molar-refractivity contribution in [2.75, 3.05) is 6.61 Å². The quantitative estimate of drug-likeness (QED) is 0.649. The van der Waals surface area contributed by atoms with E-state index in [0.29, 0.717) is 4.47 Å². The summed E-state index contributed by atoms with van der Waals surface area (Å²) in [4.78, 5) is 10.9. The van der Waals surface area contributed by atoms with E-state index < -0.39 is 24.8 Å². The number of aromatic carboxylic acids is 1. The Hall–Kier alpha value is -0.950. The van der Waals surface area contributed by atoms with Gasteiger partial charge in [-0.25, -0.2) is 4.79 Å². The van der Waals surface area contributed by atoms with E-state index in [2.05, 4.69) is 15.9 Å². The predicted octanol–water partition coefficient (Wildman–Crippen LogP) is 0.534. The minimum absolute atomic E-state index is 0.0587. The number of hydrogen-bond donors (Lipinski definition) is 4. The molecule has 88 valence electrons. The molecule has 4 N–H and O–H groups in total. The first-order valence-electron chi connectivity index (χ1n) is 4.47. The second kappa shape index (κ2) is 5.40. The fourth-order valence-electron chi connectivity index (χ4n) is 1.28. The maximum Gasteiger partial charge on any atom is 0.336 e. The minimum atomic E-state index is -1.44. The molecule has 16 heavy (non-hydrogen) atoms. The number of carboxylic acid groups (broad SMARTS) is 1. The number of aliphatic hydroxyl groups is 3. The van der Waals surface area contributed by atoms with Crippen LogP contribution in [0.25, 0.3) is 0 Å². The van der Waals surface area contributed by atoms with Gasteiger partial charge < -0.3 is 20.4 Å². The van der Waals surface area contributed by atoms with Crippen molar-refractivity contribution in [1.82, 2.24) is 0 Å². The van der Waals surface area contributed by atoms with Crippen molar-refractivity contribution in [3.63, 3.8) is 0 Å². The second-order valence-corrected chi connectivity index (χ2v) is 4.15. The largest absolute Gasteiger partial charge is 0.478 e. The van der Waals surface area contributed by atoms with Crippen LogP contribution < -0.4 is 0 Å². The van der Waals surface area contributed by atoms with Crippen LogP contribution in [0.1, 0.15) is 22.0 Å². The maximum absolute atomic E-state index is 10.9. The lowest BCUT2D eigenvalue weighted by Gasteiger charge is -2.18. The molecule has 1 rings (SSSR count). The van der Waals surface area contributed by atoms with E-state index in [9.17, 15) is 15.0 Å². The number of aliphatic hydroxyl groups excluding tert-OH is 3. The highest BCUT2D eigenvalue weighted by Crippen LogP contribution is 2.25. The molecule has 0 bridgehead atoms. The molecule has 0 aromatic heterocycles. The summed E-state index contributed by atoms with van der Waals surface area (Å²) in [5.41, 5.74) is -0.0494. The Morgan fingerprint density at radius 3 is 2.50 bits per heavy atom. The molecular formula is C10H11BrO5. The summed E-state index contributed by atoms with van der Waals surface area (Å²) in [6.45, 7) is -0.646. The number of halogens is 1. The normalized spacial score (nSPS) is 14.5. The average molecular weight is 291 g/mol. The number of carboxylic acids is 1. The topological polar surface area (TPSA) is 98.0 Å². The van der Waals surface area contributed by atoms with Crippen molar-refractivity contribution in [3.05, 3.63) is 33.8 Å². The SMILES string of the molecule is O=C(O)c1ccc(Br)cc1C(O)C(O)CO. The van der Waals surface area contributed by atoms with Crippen molar-refractivity contribution in [3.8, 4) is 0 Å². The van der Waals surface area contributed by atoms with Crippen LogP contribution in [-0.2, 0) is 0 Å². The van der Waals surface area contributed by atoms with E-state index in [0.717, 1.165) is 0 Å². The highest BCUT2D eigenvalue weighted by molar-refractivity contribution is 9.10. The van der Waals surface area contributed by atoms with E-state index in [-0.39, 0.29) is 11.1 Å².